The molecule has 0 radical (unpaired) electrons. The molecule has 1 aromatic carbocycles. The molecule has 1 aliphatic rings. The summed E-state index contributed by atoms with van der Waals surface area (Å²) in [6.45, 7) is 0.798. The Morgan fingerprint density at radius 1 is 1.04 bits per heavy atom. The van der Waals surface area contributed by atoms with Crippen LogP contribution in [0.25, 0.3) is 0 Å². The maximum atomic E-state index is 13.2. The summed E-state index contributed by atoms with van der Waals surface area (Å²) < 4.78 is 26.3. The van der Waals surface area contributed by atoms with E-state index in [1.165, 1.54) is 18.2 Å². The van der Waals surface area contributed by atoms with Crippen LogP contribution in [0.15, 0.2) is 54.2 Å². The van der Waals surface area contributed by atoms with Crippen LogP contribution in [0.5, 0.6) is 0 Å². The highest BCUT2D eigenvalue weighted by atomic mass is 19.3. The van der Waals surface area contributed by atoms with Crippen LogP contribution in [0.1, 0.15) is 38.9 Å². The third-order valence-corrected chi connectivity index (χ3v) is 3.74. The van der Waals surface area contributed by atoms with E-state index in [4.69, 9.17) is 0 Å². The van der Waals surface area contributed by atoms with Crippen molar-refractivity contribution >= 4 is 11.6 Å². The van der Waals surface area contributed by atoms with Gasteiger partial charge in [0.25, 0.3) is 5.92 Å². The SMILES string of the molecule is CC(F)(F)c1ccc(CC2=CC(=O)c3ccccc3C2=O)nc1. The molecule has 3 rings (SSSR count). The third kappa shape index (κ3) is 2.95. The number of nitrogens with zero attached hydrogens (tertiary/aromatic N) is 1. The van der Waals surface area contributed by atoms with Crippen LogP contribution >= 0.6 is 0 Å². The van der Waals surface area contributed by atoms with Gasteiger partial charge in [-0.1, -0.05) is 24.3 Å². The fraction of sp³-hybridized carbons (Fsp3) is 0.167. The lowest BCUT2D eigenvalue weighted by atomic mass is 9.87. The molecule has 0 unspecified atom stereocenters. The first-order chi connectivity index (χ1) is 10.9. The summed E-state index contributed by atoms with van der Waals surface area (Å²) in [6.07, 6.45) is 2.53. The van der Waals surface area contributed by atoms with Gasteiger partial charge in [0.2, 0.25) is 0 Å². The van der Waals surface area contributed by atoms with Crippen molar-refractivity contribution in [3.05, 3.63) is 76.6 Å². The Morgan fingerprint density at radius 2 is 1.74 bits per heavy atom. The number of rotatable bonds is 3. The monoisotopic (exact) mass is 313 g/mol. The Labute approximate surface area is 131 Å². The normalized spacial score (nSPS) is 14.5. The molecule has 0 bridgehead atoms. The minimum atomic E-state index is -2.96. The van der Waals surface area contributed by atoms with Gasteiger partial charge >= 0.3 is 0 Å². The van der Waals surface area contributed by atoms with Crippen molar-refractivity contribution in [2.24, 2.45) is 0 Å². The van der Waals surface area contributed by atoms with Crippen LogP contribution in [-0.4, -0.2) is 16.6 Å². The highest BCUT2D eigenvalue weighted by Gasteiger charge is 2.26. The molecule has 0 saturated carbocycles. The molecule has 5 heteroatoms. The standard InChI is InChI=1S/C18H13F2NO2/c1-18(19,20)12-6-7-13(21-10-12)8-11-9-16(22)14-4-2-3-5-15(14)17(11)23/h2-7,9-10H,8H2,1H3. The Kier molecular flexibility index (Phi) is 3.64. The molecule has 0 amide bonds. The van der Waals surface area contributed by atoms with Gasteiger partial charge in [0.05, 0.1) is 0 Å². The first-order valence-electron chi connectivity index (χ1n) is 7.08. The molecule has 0 spiro atoms. The van der Waals surface area contributed by atoms with Gasteiger partial charge in [0, 0.05) is 47.5 Å². The van der Waals surface area contributed by atoms with E-state index in [9.17, 15) is 18.4 Å². The Hall–Kier alpha value is -2.69. The lowest BCUT2D eigenvalue weighted by Gasteiger charge is -2.15. The fourth-order valence-corrected chi connectivity index (χ4v) is 2.49. The fourth-order valence-electron chi connectivity index (χ4n) is 2.49. The van der Waals surface area contributed by atoms with Crippen molar-refractivity contribution < 1.29 is 18.4 Å². The number of alkyl halides is 2. The molecule has 0 N–H and O–H groups in total. The number of allylic oxidation sites excluding steroid dienone is 2. The summed E-state index contributed by atoms with van der Waals surface area (Å²) >= 11 is 0. The van der Waals surface area contributed by atoms with E-state index in [2.05, 4.69) is 4.98 Å². The third-order valence-electron chi connectivity index (χ3n) is 3.74. The van der Waals surface area contributed by atoms with Crippen LogP contribution < -0.4 is 0 Å². The molecule has 0 fully saturated rings. The van der Waals surface area contributed by atoms with E-state index < -0.39 is 5.92 Å². The average Bonchev–Trinajstić information content (AvgIpc) is 2.52. The minimum absolute atomic E-state index is 0.133. The van der Waals surface area contributed by atoms with E-state index in [-0.39, 0.29) is 23.6 Å². The van der Waals surface area contributed by atoms with Gasteiger partial charge in [-0.2, -0.15) is 0 Å². The molecule has 0 aliphatic heterocycles. The number of benzene rings is 1. The number of hydrogen-bond donors (Lipinski definition) is 0. The van der Waals surface area contributed by atoms with Gasteiger partial charge in [-0.3, -0.25) is 14.6 Å². The molecule has 0 atom stereocenters. The van der Waals surface area contributed by atoms with Crippen molar-refractivity contribution in [1.29, 1.82) is 0 Å². The second kappa shape index (κ2) is 5.50. The number of Topliss-reactive ketones (excluding diaryl/α,β-unsaturated/α-hetero) is 1. The van der Waals surface area contributed by atoms with Crippen molar-refractivity contribution in [2.75, 3.05) is 0 Å². The Balaban J connectivity index is 1.87. The van der Waals surface area contributed by atoms with Gasteiger partial charge in [-0.05, 0) is 18.2 Å². The maximum Gasteiger partial charge on any atom is 0.272 e. The zero-order chi connectivity index (χ0) is 16.6. The number of carbonyl (C=O) groups is 2. The number of halogens is 2. The molecule has 1 heterocycles. The number of ketones is 2. The first-order valence-corrected chi connectivity index (χ1v) is 7.08. The molecule has 0 saturated heterocycles. The number of carbonyl (C=O) groups excluding carboxylic acids is 2. The summed E-state index contributed by atoms with van der Waals surface area (Å²) in [6, 6.07) is 9.35. The van der Waals surface area contributed by atoms with Gasteiger partial charge in [-0.25, -0.2) is 8.78 Å². The van der Waals surface area contributed by atoms with E-state index in [1.54, 1.807) is 24.3 Å². The lowest BCUT2D eigenvalue weighted by Crippen LogP contribution is -2.18. The molecule has 116 valence electrons. The predicted molar refractivity (Wildman–Crippen MR) is 80.7 cm³/mol. The summed E-state index contributed by atoms with van der Waals surface area (Å²) in [5, 5.41) is 0. The van der Waals surface area contributed by atoms with Crippen LogP contribution in [0, 0.1) is 0 Å². The zero-order valence-corrected chi connectivity index (χ0v) is 12.3. The Morgan fingerprint density at radius 3 is 2.35 bits per heavy atom. The Bertz CT molecular complexity index is 818. The van der Waals surface area contributed by atoms with Gasteiger partial charge in [0.15, 0.2) is 11.6 Å². The smallest absolute Gasteiger partial charge is 0.272 e. The highest BCUT2D eigenvalue weighted by Crippen LogP contribution is 2.27. The van der Waals surface area contributed by atoms with Crippen molar-refractivity contribution in [2.45, 2.75) is 19.3 Å². The molecule has 23 heavy (non-hydrogen) atoms. The number of pyridine rings is 1. The highest BCUT2D eigenvalue weighted by molar-refractivity contribution is 6.24. The molecular weight excluding hydrogens is 300 g/mol. The lowest BCUT2D eigenvalue weighted by molar-refractivity contribution is 0.0171. The van der Waals surface area contributed by atoms with Crippen LogP contribution in [0.3, 0.4) is 0 Å². The number of fused-ring (bicyclic) bond motifs is 1. The van der Waals surface area contributed by atoms with Crippen LogP contribution in [-0.2, 0) is 12.3 Å². The number of aromatic nitrogens is 1. The van der Waals surface area contributed by atoms with Crippen molar-refractivity contribution in [1.82, 2.24) is 4.98 Å². The summed E-state index contributed by atoms with van der Waals surface area (Å²) in [5.41, 5.74) is 1.34. The van der Waals surface area contributed by atoms with Crippen LogP contribution in [0.4, 0.5) is 8.78 Å². The quantitative estimate of drug-likeness (QED) is 0.867. The average molecular weight is 313 g/mol. The topological polar surface area (TPSA) is 47.0 Å². The predicted octanol–water partition coefficient (Wildman–Crippen LogP) is 3.74. The van der Waals surface area contributed by atoms with Crippen LogP contribution in [0.2, 0.25) is 0 Å². The summed E-state index contributed by atoms with van der Waals surface area (Å²) in [5.74, 6) is -3.42. The summed E-state index contributed by atoms with van der Waals surface area (Å²) in [7, 11) is 0. The van der Waals surface area contributed by atoms with E-state index in [0.717, 1.165) is 13.1 Å². The molecular formula is C18H13F2NO2. The summed E-state index contributed by atoms with van der Waals surface area (Å²) in [4.78, 5) is 28.5. The van der Waals surface area contributed by atoms with E-state index in [1.807, 2.05) is 0 Å². The molecule has 2 aromatic rings. The minimum Gasteiger partial charge on any atom is -0.289 e. The van der Waals surface area contributed by atoms with Gasteiger partial charge in [0.1, 0.15) is 0 Å². The second-order valence-electron chi connectivity index (χ2n) is 5.51. The first kappa shape index (κ1) is 15.2. The van der Waals surface area contributed by atoms with Gasteiger partial charge < -0.3 is 0 Å². The van der Waals surface area contributed by atoms with Gasteiger partial charge in [-0.15, -0.1) is 0 Å². The molecule has 3 nitrogen and oxygen atoms in total. The van der Waals surface area contributed by atoms with E-state index in [0.29, 0.717) is 22.4 Å². The maximum absolute atomic E-state index is 13.2. The van der Waals surface area contributed by atoms with E-state index >= 15 is 0 Å². The zero-order valence-electron chi connectivity index (χ0n) is 12.3. The molecule has 1 aliphatic carbocycles. The molecule has 1 aromatic heterocycles. The second-order valence-corrected chi connectivity index (χ2v) is 5.51. The van der Waals surface area contributed by atoms with Crippen molar-refractivity contribution in [3.8, 4) is 0 Å². The number of hydrogen-bond acceptors (Lipinski definition) is 3. The van der Waals surface area contributed by atoms with Crippen molar-refractivity contribution in [3.63, 3.8) is 0 Å². The largest absolute Gasteiger partial charge is 0.289 e.